The van der Waals surface area contributed by atoms with Gasteiger partial charge in [0.15, 0.2) is 5.96 Å². The van der Waals surface area contributed by atoms with Crippen LogP contribution in [0.5, 0.6) is 5.75 Å². The number of nitrogens with zero attached hydrogens (tertiary/aromatic N) is 2. The second-order valence-corrected chi connectivity index (χ2v) is 7.39. The first-order valence-corrected chi connectivity index (χ1v) is 10.7. The lowest BCUT2D eigenvalue weighted by atomic mass is 10.2. The Morgan fingerprint density at radius 1 is 1.18 bits per heavy atom. The van der Waals surface area contributed by atoms with Gasteiger partial charge < -0.3 is 25.6 Å². The zero-order valence-electron chi connectivity index (χ0n) is 18.7. The number of benzene rings is 2. The van der Waals surface area contributed by atoms with E-state index < -0.39 is 11.6 Å². The van der Waals surface area contributed by atoms with Crippen LogP contribution in [0.1, 0.15) is 23.7 Å². The average Bonchev–Trinajstić information content (AvgIpc) is 3.24. The van der Waals surface area contributed by atoms with Crippen molar-refractivity contribution in [3.63, 3.8) is 0 Å². The molecule has 0 bridgehead atoms. The van der Waals surface area contributed by atoms with Crippen LogP contribution in [0, 0.1) is 11.6 Å². The van der Waals surface area contributed by atoms with Gasteiger partial charge in [0.1, 0.15) is 23.1 Å². The summed E-state index contributed by atoms with van der Waals surface area (Å²) in [6.07, 6.45) is 0.727. The minimum Gasteiger partial charge on any atom is -0.497 e. The molecule has 1 aliphatic heterocycles. The fraction of sp³-hybridized carbons (Fsp3) is 0.391. The molecule has 0 aliphatic carbocycles. The highest BCUT2D eigenvalue weighted by atomic mass is 127. The van der Waals surface area contributed by atoms with E-state index in [0.29, 0.717) is 50.0 Å². The van der Waals surface area contributed by atoms with Crippen LogP contribution >= 0.6 is 24.0 Å². The van der Waals surface area contributed by atoms with Crippen molar-refractivity contribution in [3.05, 3.63) is 59.7 Å². The molecule has 1 fully saturated rings. The number of anilines is 1. The molecule has 0 radical (unpaired) electrons. The highest BCUT2D eigenvalue weighted by molar-refractivity contribution is 14.0. The summed E-state index contributed by atoms with van der Waals surface area (Å²) in [6.45, 7) is 4.38. The zero-order valence-corrected chi connectivity index (χ0v) is 21.1. The molecule has 10 heteroatoms. The zero-order chi connectivity index (χ0) is 22.9. The van der Waals surface area contributed by atoms with Crippen molar-refractivity contribution in [2.24, 2.45) is 4.99 Å². The number of carbonyl (C=O) groups excluding carboxylic acids is 1. The molecule has 0 spiro atoms. The van der Waals surface area contributed by atoms with Crippen LogP contribution < -0.4 is 25.6 Å². The van der Waals surface area contributed by atoms with Crippen LogP contribution in [0.3, 0.4) is 0 Å². The molecule has 1 heterocycles. The third-order valence-corrected chi connectivity index (χ3v) is 5.13. The van der Waals surface area contributed by atoms with Gasteiger partial charge in [-0.1, -0.05) is 12.1 Å². The lowest BCUT2D eigenvalue weighted by Crippen LogP contribution is -2.45. The largest absolute Gasteiger partial charge is 0.497 e. The molecule has 33 heavy (non-hydrogen) atoms. The summed E-state index contributed by atoms with van der Waals surface area (Å²) in [5.74, 6) is -0.0921. The van der Waals surface area contributed by atoms with E-state index in [1.165, 1.54) is 18.2 Å². The molecule has 2 aromatic carbocycles. The van der Waals surface area contributed by atoms with Crippen molar-refractivity contribution in [3.8, 4) is 5.75 Å². The van der Waals surface area contributed by atoms with Gasteiger partial charge in [0.25, 0.3) is 5.91 Å². The number of guanidine groups is 1. The minimum absolute atomic E-state index is 0. The molecular formula is C23H30F2IN5O2. The molecule has 3 N–H and O–H groups in total. The summed E-state index contributed by atoms with van der Waals surface area (Å²) in [7, 11) is 1.55. The number of carbonyl (C=O) groups is 1. The summed E-state index contributed by atoms with van der Waals surface area (Å²) in [6, 6.07) is 10.8. The van der Waals surface area contributed by atoms with Gasteiger partial charge in [-0.05, 0) is 43.7 Å². The molecule has 1 unspecified atom stereocenters. The van der Waals surface area contributed by atoms with Crippen LogP contribution in [-0.2, 0) is 0 Å². The minimum atomic E-state index is -0.557. The van der Waals surface area contributed by atoms with Crippen LogP contribution in [-0.4, -0.2) is 57.7 Å². The highest BCUT2D eigenvalue weighted by Crippen LogP contribution is 2.26. The summed E-state index contributed by atoms with van der Waals surface area (Å²) in [4.78, 5) is 18.5. The maximum Gasteiger partial charge on any atom is 0.251 e. The normalized spacial score (nSPS) is 15.6. The fourth-order valence-electron chi connectivity index (χ4n) is 3.59. The Bertz CT molecular complexity index is 940. The Balaban J connectivity index is 0.00000385. The predicted octanol–water partition coefficient (Wildman–Crippen LogP) is 3.16. The number of hydrogen-bond acceptors (Lipinski definition) is 4. The fourth-order valence-corrected chi connectivity index (χ4v) is 3.59. The molecule has 180 valence electrons. The van der Waals surface area contributed by atoms with Gasteiger partial charge in [-0.25, -0.2) is 8.78 Å². The van der Waals surface area contributed by atoms with Gasteiger partial charge in [0, 0.05) is 37.8 Å². The van der Waals surface area contributed by atoms with Crippen LogP contribution in [0.15, 0.2) is 47.5 Å². The first-order valence-electron chi connectivity index (χ1n) is 10.7. The maximum absolute atomic E-state index is 14.1. The Labute approximate surface area is 210 Å². The number of aliphatic imine (C=N–C) groups is 1. The van der Waals surface area contributed by atoms with Crippen molar-refractivity contribution >= 4 is 41.5 Å². The molecule has 0 aromatic heterocycles. The van der Waals surface area contributed by atoms with Crippen molar-refractivity contribution in [1.82, 2.24) is 16.0 Å². The molecule has 1 aliphatic rings. The van der Waals surface area contributed by atoms with E-state index >= 15 is 0 Å². The highest BCUT2D eigenvalue weighted by Gasteiger charge is 2.27. The average molecular weight is 573 g/mol. The number of halogens is 3. The third-order valence-electron chi connectivity index (χ3n) is 5.13. The van der Waals surface area contributed by atoms with E-state index in [4.69, 9.17) is 4.74 Å². The molecule has 3 rings (SSSR count). The van der Waals surface area contributed by atoms with Crippen LogP contribution in [0.25, 0.3) is 0 Å². The van der Waals surface area contributed by atoms with E-state index in [1.807, 2.05) is 6.92 Å². The number of nitrogens with one attached hydrogen (secondary N) is 3. The van der Waals surface area contributed by atoms with Gasteiger partial charge in [-0.15, -0.1) is 24.0 Å². The smallest absolute Gasteiger partial charge is 0.251 e. The Hall–Kier alpha value is -2.63. The van der Waals surface area contributed by atoms with Crippen LogP contribution in [0.4, 0.5) is 14.5 Å². The quantitative estimate of drug-likeness (QED) is 0.196. The molecule has 1 amide bonds. The van der Waals surface area contributed by atoms with E-state index in [2.05, 4.69) is 20.9 Å². The molecule has 7 nitrogen and oxygen atoms in total. The topological polar surface area (TPSA) is 78.0 Å². The number of amides is 1. The SMILES string of the molecule is CCNC(=NCCNC(=O)c1cccc(OC)c1)NC1CCN(c2c(F)cccc2F)C1.I. The number of para-hydroxylation sites is 1. The molecule has 2 aromatic rings. The van der Waals surface area contributed by atoms with Gasteiger partial charge in [-0.2, -0.15) is 0 Å². The number of ether oxygens (including phenoxy) is 1. The molecule has 1 saturated heterocycles. The maximum atomic E-state index is 14.1. The summed E-state index contributed by atoms with van der Waals surface area (Å²) in [5, 5.41) is 9.31. The van der Waals surface area contributed by atoms with Gasteiger partial charge >= 0.3 is 0 Å². The lowest BCUT2D eigenvalue weighted by molar-refractivity contribution is 0.0954. The predicted molar refractivity (Wildman–Crippen MR) is 137 cm³/mol. The van der Waals surface area contributed by atoms with Crippen LogP contribution in [0.2, 0.25) is 0 Å². The van der Waals surface area contributed by atoms with E-state index in [0.717, 1.165) is 6.42 Å². The Morgan fingerprint density at radius 2 is 1.91 bits per heavy atom. The Kier molecular flexibility index (Phi) is 10.6. The Morgan fingerprint density at radius 3 is 2.61 bits per heavy atom. The van der Waals surface area contributed by atoms with Gasteiger partial charge in [0.05, 0.1) is 13.7 Å². The van der Waals surface area contributed by atoms with Gasteiger partial charge in [0.2, 0.25) is 0 Å². The number of methoxy groups -OCH3 is 1. The van der Waals surface area contributed by atoms with E-state index in [-0.39, 0.29) is 41.6 Å². The second kappa shape index (κ2) is 13.2. The van der Waals surface area contributed by atoms with Crippen molar-refractivity contribution in [2.75, 3.05) is 44.7 Å². The molecule has 1 atom stereocenters. The summed E-state index contributed by atoms with van der Waals surface area (Å²) >= 11 is 0. The summed E-state index contributed by atoms with van der Waals surface area (Å²) in [5.41, 5.74) is 0.531. The van der Waals surface area contributed by atoms with E-state index in [9.17, 15) is 13.6 Å². The third kappa shape index (κ3) is 7.44. The monoisotopic (exact) mass is 573 g/mol. The number of hydrogen-bond donors (Lipinski definition) is 3. The first-order chi connectivity index (χ1) is 15.5. The molecular weight excluding hydrogens is 543 g/mol. The first kappa shape index (κ1) is 26.6. The van der Waals surface area contributed by atoms with E-state index in [1.54, 1.807) is 36.3 Å². The molecule has 0 saturated carbocycles. The standard InChI is InChI=1S/C23H29F2N5O2.HI/c1-3-26-23(28-12-11-27-22(31)16-6-4-7-18(14-16)32-2)29-17-10-13-30(15-17)21-19(24)8-5-9-20(21)25;/h4-9,14,17H,3,10-13,15H2,1-2H3,(H,27,31)(H2,26,28,29);1H. The van der Waals surface area contributed by atoms with Crippen molar-refractivity contribution < 1.29 is 18.3 Å². The number of rotatable bonds is 8. The summed E-state index contributed by atoms with van der Waals surface area (Å²) < 4.78 is 33.3. The van der Waals surface area contributed by atoms with Crippen molar-refractivity contribution in [1.29, 1.82) is 0 Å². The lowest BCUT2D eigenvalue weighted by Gasteiger charge is -2.21. The van der Waals surface area contributed by atoms with Crippen molar-refractivity contribution in [2.45, 2.75) is 19.4 Å². The van der Waals surface area contributed by atoms with Gasteiger partial charge in [-0.3, -0.25) is 9.79 Å². The second-order valence-electron chi connectivity index (χ2n) is 7.39.